The van der Waals surface area contributed by atoms with Crippen LogP contribution in [0.5, 0.6) is 0 Å². The summed E-state index contributed by atoms with van der Waals surface area (Å²) in [4.78, 5) is 4.78. The molecule has 5 rings (SSSR count). The van der Waals surface area contributed by atoms with Crippen LogP contribution in [0.2, 0.25) is 0 Å². The Morgan fingerprint density at radius 1 is 0.594 bits per heavy atom. The van der Waals surface area contributed by atoms with Gasteiger partial charge in [0.2, 0.25) is 5.96 Å². The summed E-state index contributed by atoms with van der Waals surface area (Å²) in [5.74, 6) is 0.562. The molecule has 4 aromatic carbocycles. The fourth-order valence-corrected chi connectivity index (χ4v) is 3.83. The fraction of sp³-hybridized carbons (Fsp3) is 0.0714. The van der Waals surface area contributed by atoms with Crippen LogP contribution in [0.25, 0.3) is 11.1 Å². The van der Waals surface area contributed by atoms with Gasteiger partial charge in [-0.25, -0.2) is 10.4 Å². The van der Waals surface area contributed by atoms with Gasteiger partial charge in [-0.3, -0.25) is 0 Å². The predicted octanol–water partition coefficient (Wildman–Crippen LogP) is 6.43. The van der Waals surface area contributed by atoms with Crippen LogP contribution in [-0.4, -0.2) is 11.7 Å². The summed E-state index contributed by atoms with van der Waals surface area (Å²) in [6, 6.07) is 33.1. The maximum atomic E-state index is 4.81. The molecule has 32 heavy (non-hydrogen) atoms. The Morgan fingerprint density at radius 3 is 1.66 bits per heavy atom. The van der Waals surface area contributed by atoms with Crippen molar-refractivity contribution in [1.29, 1.82) is 0 Å². The number of nitrogens with zero attached hydrogens (tertiary/aromatic N) is 2. The number of hydrogen-bond acceptors (Lipinski definition) is 2. The van der Waals surface area contributed by atoms with E-state index in [1.165, 1.54) is 22.3 Å². The molecule has 1 aliphatic rings. The zero-order valence-electron chi connectivity index (χ0n) is 18.1. The van der Waals surface area contributed by atoms with Crippen molar-refractivity contribution >= 4 is 23.0 Å². The molecule has 4 heteroatoms. The zero-order valence-corrected chi connectivity index (χ0v) is 18.1. The fourth-order valence-electron chi connectivity index (χ4n) is 3.83. The maximum absolute atomic E-state index is 4.81. The third-order valence-electron chi connectivity index (χ3n) is 5.52. The first-order valence-electron chi connectivity index (χ1n) is 10.7. The number of benzene rings is 4. The van der Waals surface area contributed by atoms with Gasteiger partial charge >= 0.3 is 0 Å². The lowest BCUT2D eigenvalue weighted by atomic mass is 10.1. The lowest BCUT2D eigenvalue weighted by Crippen LogP contribution is -2.27. The van der Waals surface area contributed by atoms with Gasteiger partial charge in [-0.05, 0) is 49.2 Å². The average molecular weight is 417 g/mol. The molecule has 0 aliphatic heterocycles. The van der Waals surface area contributed by atoms with Crippen LogP contribution in [0.4, 0.5) is 11.4 Å². The van der Waals surface area contributed by atoms with Gasteiger partial charge < -0.3 is 5.32 Å². The van der Waals surface area contributed by atoms with E-state index in [4.69, 9.17) is 10.1 Å². The highest BCUT2D eigenvalue weighted by molar-refractivity contribution is 6.24. The first-order valence-corrected chi connectivity index (χ1v) is 10.7. The molecule has 4 aromatic rings. The Bertz CT molecular complexity index is 1270. The Balaban J connectivity index is 1.52. The lowest BCUT2D eigenvalue weighted by Gasteiger charge is -2.11. The van der Waals surface area contributed by atoms with Gasteiger partial charge in [-0.2, -0.15) is 5.10 Å². The van der Waals surface area contributed by atoms with Gasteiger partial charge in [0.15, 0.2) is 0 Å². The van der Waals surface area contributed by atoms with Crippen molar-refractivity contribution in [3.63, 3.8) is 0 Å². The number of hydrazone groups is 1. The van der Waals surface area contributed by atoms with Gasteiger partial charge in [0.25, 0.3) is 0 Å². The highest BCUT2D eigenvalue weighted by Gasteiger charge is 2.24. The van der Waals surface area contributed by atoms with E-state index < -0.39 is 0 Å². The summed E-state index contributed by atoms with van der Waals surface area (Å²) in [7, 11) is 0. The number of guanidine groups is 1. The third kappa shape index (κ3) is 4.03. The van der Waals surface area contributed by atoms with Crippen molar-refractivity contribution in [2.24, 2.45) is 10.1 Å². The molecule has 0 heterocycles. The second kappa shape index (κ2) is 8.52. The van der Waals surface area contributed by atoms with E-state index in [2.05, 4.69) is 85.3 Å². The Morgan fingerprint density at radius 2 is 1.09 bits per heavy atom. The minimum atomic E-state index is 0.562. The van der Waals surface area contributed by atoms with Crippen LogP contribution in [-0.2, 0) is 0 Å². The Hall–Kier alpha value is -4.18. The SMILES string of the molecule is Cc1ccc(N=C(NN=C2c3ccccc3-c3ccccc32)Nc2ccc(C)cc2)cc1. The number of aliphatic imine (C=N–C) groups is 1. The molecule has 0 spiro atoms. The smallest absolute Gasteiger partial charge is 0.221 e. The lowest BCUT2D eigenvalue weighted by molar-refractivity contribution is 1.02. The van der Waals surface area contributed by atoms with Crippen molar-refractivity contribution in [3.05, 3.63) is 119 Å². The molecule has 0 radical (unpaired) electrons. The molecule has 0 atom stereocenters. The number of nitrogens with one attached hydrogen (secondary N) is 2. The molecule has 4 nitrogen and oxygen atoms in total. The molecular formula is C28H24N4. The minimum Gasteiger partial charge on any atom is -0.325 e. The van der Waals surface area contributed by atoms with Gasteiger partial charge in [-0.15, -0.1) is 0 Å². The molecule has 0 unspecified atom stereocenters. The zero-order chi connectivity index (χ0) is 21.9. The van der Waals surface area contributed by atoms with E-state index in [0.29, 0.717) is 5.96 Å². The van der Waals surface area contributed by atoms with Gasteiger partial charge in [0, 0.05) is 16.8 Å². The predicted molar refractivity (Wildman–Crippen MR) is 134 cm³/mol. The number of aryl methyl sites for hydroxylation is 2. The Kier molecular flexibility index (Phi) is 5.26. The summed E-state index contributed by atoms with van der Waals surface area (Å²) < 4.78 is 0. The van der Waals surface area contributed by atoms with Crippen LogP contribution < -0.4 is 10.7 Å². The number of fused-ring (bicyclic) bond motifs is 3. The van der Waals surface area contributed by atoms with Crippen molar-refractivity contribution in [2.45, 2.75) is 13.8 Å². The van der Waals surface area contributed by atoms with Crippen molar-refractivity contribution < 1.29 is 0 Å². The summed E-state index contributed by atoms with van der Waals surface area (Å²) in [5.41, 5.74) is 13.0. The largest absolute Gasteiger partial charge is 0.325 e. The monoisotopic (exact) mass is 416 g/mol. The molecule has 1 aliphatic carbocycles. The minimum absolute atomic E-state index is 0.562. The molecule has 0 amide bonds. The van der Waals surface area contributed by atoms with Crippen molar-refractivity contribution in [1.82, 2.24) is 5.43 Å². The van der Waals surface area contributed by atoms with Gasteiger partial charge in [-0.1, -0.05) is 83.9 Å². The Labute approximate surface area is 188 Å². The summed E-state index contributed by atoms with van der Waals surface area (Å²) >= 11 is 0. The number of hydrogen-bond donors (Lipinski definition) is 2. The highest BCUT2D eigenvalue weighted by Crippen LogP contribution is 2.36. The first kappa shape index (κ1) is 19.8. The number of rotatable bonds is 3. The summed E-state index contributed by atoms with van der Waals surface area (Å²) in [6.07, 6.45) is 0. The standard InChI is InChI=1S/C28H24N4/c1-19-11-15-21(16-12-19)29-28(30-22-17-13-20(2)14-18-22)32-31-27-25-9-5-3-7-23(25)24-8-4-6-10-26(24)27/h3-18H,1-2H3,(H2,29,30,32). The van der Waals surface area contributed by atoms with Gasteiger partial charge in [0.05, 0.1) is 11.4 Å². The molecule has 156 valence electrons. The average Bonchev–Trinajstić information content (AvgIpc) is 3.14. The molecule has 0 saturated carbocycles. The maximum Gasteiger partial charge on any atom is 0.221 e. The second-order valence-corrected chi connectivity index (χ2v) is 7.95. The molecule has 0 saturated heterocycles. The van der Waals surface area contributed by atoms with E-state index in [1.54, 1.807) is 0 Å². The quantitative estimate of drug-likeness (QED) is 0.202. The van der Waals surface area contributed by atoms with Crippen molar-refractivity contribution in [3.8, 4) is 11.1 Å². The van der Waals surface area contributed by atoms with E-state index in [9.17, 15) is 0 Å². The van der Waals surface area contributed by atoms with E-state index in [1.807, 2.05) is 36.4 Å². The third-order valence-corrected chi connectivity index (χ3v) is 5.52. The van der Waals surface area contributed by atoms with Crippen LogP contribution in [0, 0.1) is 13.8 Å². The molecule has 0 bridgehead atoms. The highest BCUT2D eigenvalue weighted by atomic mass is 15.4. The van der Waals surface area contributed by atoms with Crippen LogP contribution >= 0.6 is 0 Å². The van der Waals surface area contributed by atoms with Crippen molar-refractivity contribution in [2.75, 3.05) is 5.32 Å². The summed E-state index contributed by atoms with van der Waals surface area (Å²) in [5, 5.41) is 8.18. The topological polar surface area (TPSA) is 48.8 Å². The van der Waals surface area contributed by atoms with Crippen LogP contribution in [0.3, 0.4) is 0 Å². The molecule has 0 aromatic heterocycles. The normalized spacial score (nSPS) is 12.2. The second-order valence-electron chi connectivity index (χ2n) is 7.95. The number of anilines is 1. The van der Waals surface area contributed by atoms with E-state index in [0.717, 1.165) is 28.2 Å². The van der Waals surface area contributed by atoms with E-state index >= 15 is 0 Å². The first-order chi connectivity index (χ1) is 15.7. The molecular weight excluding hydrogens is 392 g/mol. The van der Waals surface area contributed by atoms with Crippen LogP contribution in [0.15, 0.2) is 107 Å². The van der Waals surface area contributed by atoms with E-state index in [-0.39, 0.29) is 0 Å². The summed E-state index contributed by atoms with van der Waals surface area (Å²) in [6.45, 7) is 4.14. The molecule has 2 N–H and O–H groups in total. The molecule has 0 fully saturated rings. The van der Waals surface area contributed by atoms with Gasteiger partial charge in [0.1, 0.15) is 0 Å². The van der Waals surface area contributed by atoms with Crippen LogP contribution in [0.1, 0.15) is 22.3 Å².